The van der Waals surface area contributed by atoms with E-state index in [-0.39, 0.29) is 17.4 Å². The summed E-state index contributed by atoms with van der Waals surface area (Å²) in [6, 6.07) is 7.29. The average Bonchev–Trinajstić information content (AvgIpc) is 3.20. The smallest absolute Gasteiger partial charge is 0.267 e. The molecule has 1 aliphatic heterocycles. The number of nitrogens with one attached hydrogen (secondary N) is 1. The van der Waals surface area contributed by atoms with E-state index < -0.39 is 0 Å². The number of amides is 1. The summed E-state index contributed by atoms with van der Waals surface area (Å²) in [5.41, 5.74) is 4.55. The monoisotopic (exact) mass is 363 g/mol. The number of aromatic nitrogens is 4. The molecule has 5 rings (SSSR count). The van der Waals surface area contributed by atoms with Gasteiger partial charge in [-0.3, -0.25) is 9.59 Å². The molecule has 1 aliphatic carbocycles. The molecule has 3 heterocycles. The Labute approximate surface area is 156 Å². The highest BCUT2D eigenvalue weighted by atomic mass is 16.2. The normalized spacial score (nSPS) is 16.6. The van der Waals surface area contributed by atoms with Gasteiger partial charge in [0.2, 0.25) is 0 Å². The third-order valence-corrected chi connectivity index (χ3v) is 5.55. The lowest BCUT2D eigenvalue weighted by Gasteiger charge is -2.39. The van der Waals surface area contributed by atoms with Gasteiger partial charge in [-0.2, -0.15) is 5.10 Å². The van der Waals surface area contributed by atoms with Crippen molar-refractivity contribution >= 4 is 16.9 Å². The molecule has 0 bridgehead atoms. The van der Waals surface area contributed by atoms with Gasteiger partial charge in [0.25, 0.3) is 11.5 Å². The topological polar surface area (TPSA) is 83.9 Å². The Morgan fingerprint density at radius 1 is 1.26 bits per heavy atom. The molecular formula is C20H21N5O2. The van der Waals surface area contributed by atoms with E-state index in [1.54, 1.807) is 10.7 Å². The lowest BCUT2D eigenvalue weighted by Crippen LogP contribution is -2.52. The van der Waals surface area contributed by atoms with Crippen LogP contribution in [0.1, 0.15) is 33.9 Å². The Balaban J connectivity index is 1.26. The van der Waals surface area contributed by atoms with Crippen molar-refractivity contribution in [1.82, 2.24) is 24.6 Å². The zero-order valence-corrected chi connectivity index (χ0v) is 15.2. The molecule has 3 aromatic rings. The molecule has 1 aromatic carbocycles. The maximum absolute atomic E-state index is 12.7. The van der Waals surface area contributed by atoms with Crippen LogP contribution in [0.4, 0.5) is 0 Å². The Morgan fingerprint density at radius 2 is 2.11 bits per heavy atom. The average molecular weight is 363 g/mol. The van der Waals surface area contributed by atoms with E-state index in [1.807, 2.05) is 30.0 Å². The van der Waals surface area contributed by atoms with Crippen LogP contribution < -0.4 is 5.56 Å². The van der Waals surface area contributed by atoms with Gasteiger partial charge in [-0.25, -0.2) is 9.67 Å². The van der Waals surface area contributed by atoms with E-state index in [9.17, 15) is 9.59 Å². The van der Waals surface area contributed by atoms with Crippen LogP contribution in [-0.2, 0) is 19.4 Å². The van der Waals surface area contributed by atoms with E-state index in [1.165, 1.54) is 0 Å². The van der Waals surface area contributed by atoms with Gasteiger partial charge >= 0.3 is 0 Å². The van der Waals surface area contributed by atoms with Gasteiger partial charge in [-0.15, -0.1) is 0 Å². The minimum Gasteiger partial charge on any atom is -0.342 e. The van der Waals surface area contributed by atoms with E-state index in [2.05, 4.69) is 15.1 Å². The Hall–Kier alpha value is -2.96. The maximum atomic E-state index is 12.7. The second-order valence-corrected chi connectivity index (χ2v) is 7.62. The predicted molar refractivity (Wildman–Crippen MR) is 101 cm³/mol. The van der Waals surface area contributed by atoms with Crippen molar-refractivity contribution in [2.45, 2.75) is 32.7 Å². The van der Waals surface area contributed by atoms with Crippen LogP contribution in [-0.4, -0.2) is 43.6 Å². The van der Waals surface area contributed by atoms with Crippen molar-refractivity contribution in [1.29, 1.82) is 0 Å². The summed E-state index contributed by atoms with van der Waals surface area (Å²) in [6.07, 6.45) is 3.00. The SMILES string of the molecule is Cc1nc2ccc(C(=O)N3CC(Cn4nc5c(cc4=O)CCC5)C3)cc2[nH]1. The third kappa shape index (κ3) is 2.83. The van der Waals surface area contributed by atoms with Gasteiger partial charge in [0.1, 0.15) is 5.82 Å². The molecule has 1 amide bonds. The van der Waals surface area contributed by atoms with Crippen molar-refractivity contribution in [2.75, 3.05) is 13.1 Å². The second kappa shape index (κ2) is 6.04. The standard InChI is InChI=1S/C20H21N5O2/c1-12-21-17-6-5-15(7-18(17)22-12)20(27)24-9-13(10-24)11-25-19(26)8-14-3-2-4-16(14)23-25/h5-8,13H,2-4,9-11H2,1H3,(H,21,22). The first-order chi connectivity index (χ1) is 13.1. The Kier molecular flexibility index (Phi) is 3.63. The van der Waals surface area contributed by atoms with Crippen LogP contribution in [0.15, 0.2) is 29.1 Å². The van der Waals surface area contributed by atoms with Crippen molar-refractivity contribution in [3.63, 3.8) is 0 Å². The van der Waals surface area contributed by atoms with E-state index in [0.29, 0.717) is 25.2 Å². The molecule has 27 heavy (non-hydrogen) atoms. The van der Waals surface area contributed by atoms with Crippen molar-refractivity contribution in [3.05, 3.63) is 57.3 Å². The molecule has 0 spiro atoms. The van der Waals surface area contributed by atoms with E-state index >= 15 is 0 Å². The van der Waals surface area contributed by atoms with Crippen LogP contribution in [0, 0.1) is 12.8 Å². The number of nitrogens with zero attached hydrogens (tertiary/aromatic N) is 4. The molecule has 1 fully saturated rings. The Morgan fingerprint density at radius 3 is 2.96 bits per heavy atom. The van der Waals surface area contributed by atoms with Gasteiger partial charge < -0.3 is 9.88 Å². The molecule has 0 saturated carbocycles. The van der Waals surface area contributed by atoms with Gasteiger partial charge in [0, 0.05) is 30.6 Å². The van der Waals surface area contributed by atoms with Crippen molar-refractivity contribution in [2.24, 2.45) is 5.92 Å². The van der Waals surface area contributed by atoms with Gasteiger partial charge in [-0.05, 0) is 49.9 Å². The van der Waals surface area contributed by atoms with E-state index in [4.69, 9.17) is 0 Å². The van der Waals surface area contributed by atoms with Crippen LogP contribution in [0.25, 0.3) is 11.0 Å². The largest absolute Gasteiger partial charge is 0.342 e. The summed E-state index contributed by atoms with van der Waals surface area (Å²) in [5, 5.41) is 4.53. The molecule has 7 nitrogen and oxygen atoms in total. The van der Waals surface area contributed by atoms with Crippen LogP contribution in [0.3, 0.4) is 0 Å². The molecular weight excluding hydrogens is 342 g/mol. The summed E-state index contributed by atoms with van der Waals surface area (Å²) < 4.78 is 1.58. The number of imidazole rings is 1. The van der Waals surface area contributed by atoms with E-state index in [0.717, 1.165) is 47.4 Å². The summed E-state index contributed by atoms with van der Waals surface area (Å²) in [4.78, 5) is 34.3. The molecule has 7 heteroatoms. The summed E-state index contributed by atoms with van der Waals surface area (Å²) in [7, 11) is 0. The number of hydrogen-bond donors (Lipinski definition) is 1. The molecule has 0 unspecified atom stereocenters. The van der Waals surface area contributed by atoms with Crippen molar-refractivity contribution in [3.8, 4) is 0 Å². The highest BCUT2D eigenvalue weighted by Gasteiger charge is 2.32. The third-order valence-electron chi connectivity index (χ3n) is 5.55. The zero-order valence-electron chi connectivity index (χ0n) is 15.2. The molecule has 138 valence electrons. The fraction of sp³-hybridized carbons (Fsp3) is 0.400. The summed E-state index contributed by atoms with van der Waals surface area (Å²) >= 11 is 0. The lowest BCUT2D eigenvalue weighted by molar-refractivity contribution is 0.0458. The number of likely N-dealkylation sites (tertiary alicyclic amines) is 1. The summed E-state index contributed by atoms with van der Waals surface area (Å²) in [5.74, 6) is 1.14. The number of benzene rings is 1. The number of carbonyl (C=O) groups is 1. The summed E-state index contributed by atoms with van der Waals surface area (Å²) in [6.45, 7) is 3.79. The molecule has 1 saturated heterocycles. The van der Waals surface area contributed by atoms with Crippen LogP contribution in [0.2, 0.25) is 0 Å². The number of aromatic amines is 1. The first kappa shape index (κ1) is 16.2. The highest BCUT2D eigenvalue weighted by Crippen LogP contribution is 2.22. The minimum atomic E-state index is -0.0273. The zero-order chi connectivity index (χ0) is 18.5. The number of fused-ring (bicyclic) bond motifs is 2. The molecule has 2 aliphatic rings. The van der Waals surface area contributed by atoms with Crippen LogP contribution in [0.5, 0.6) is 0 Å². The highest BCUT2D eigenvalue weighted by molar-refractivity contribution is 5.97. The fourth-order valence-corrected chi connectivity index (χ4v) is 4.12. The number of carbonyl (C=O) groups excluding carboxylic acids is 1. The lowest BCUT2D eigenvalue weighted by atomic mass is 9.98. The van der Waals surface area contributed by atoms with Crippen molar-refractivity contribution < 1.29 is 4.79 Å². The van der Waals surface area contributed by atoms with Gasteiger partial charge in [0.05, 0.1) is 23.3 Å². The quantitative estimate of drug-likeness (QED) is 0.767. The molecule has 0 radical (unpaired) electrons. The van der Waals surface area contributed by atoms with Crippen LogP contribution >= 0.6 is 0 Å². The van der Waals surface area contributed by atoms with Gasteiger partial charge in [0.15, 0.2) is 0 Å². The maximum Gasteiger partial charge on any atom is 0.267 e. The Bertz CT molecular complexity index is 1110. The van der Waals surface area contributed by atoms with Gasteiger partial charge in [-0.1, -0.05) is 0 Å². The molecule has 2 aromatic heterocycles. The number of H-pyrrole nitrogens is 1. The minimum absolute atomic E-state index is 0.0228. The number of aryl methyl sites for hydroxylation is 3. The number of hydrogen-bond acceptors (Lipinski definition) is 4. The fourth-order valence-electron chi connectivity index (χ4n) is 4.12. The predicted octanol–water partition coefficient (Wildman–Crippen LogP) is 1.69. The first-order valence-electron chi connectivity index (χ1n) is 9.42. The number of rotatable bonds is 3. The first-order valence-corrected chi connectivity index (χ1v) is 9.42. The molecule has 1 N–H and O–H groups in total. The second-order valence-electron chi connectivity index (χ2n) is 7.62. The molecule has 0 atom stereocenters.